The summed E-state index contributed by atoms with van der Waals surface area (Å²) < 4.78 is 0. The van der Waals surface area contributed by atoms with Crippen LogP contribution in [0.25, 0.3) is 27.6 Å². The molecule has 0 radical (unpaired) electrons. The second-order valence-electron chi connectivity index (χ2n) is 19.8. The lowest BCUT2D eigenvalue weighted by Crippen LogP contribution is -2.33. The number of fused-ring (bicyclic) bond motifs is 6. The normalized spacial score (nSPS) is 13.1. The lowest BCUT2D eigenvalue weighted by molar-refractivity contribution is 0.628. The van der Waals surface area contributed by atoms with Gasteiger partial charge in [-0.05, 0) is 144 Å². The standard InChI is InChI=1S/C69H54N4S/c1-5-22-56-47(2)23-19-36-61(56)70(50-28-9-6-10-29-50)53-39-41-64-59(43-53)69(3,4)60-44-55(72(52-32-13-8-14-33-52)63-38-21-27-49-25-16-18-35-58(49)63)46-67-68(60)73(64)65-42-40-54(45-66(65)74-67)71(51-30-11-7-12-31-51)62-37-20-26-48-24-15-17-34-57(48)62/h5-46H,1-4H3/b22-5-. The zero-order valence-corrected chi connectivity index (χ0v) is 42.8. The highest BCUT2D eigenvalue weighted by atomic mass is 32.2. The Morgan fingerprint density at radius 1 is 0.405 bits per heavy atom. The van der Waals surface area contributed by atoms with E-state index in [1.807, 2.05) is 11.8 Å². The Balaban J connectivity index is 1.06. The predicted molar refractivity (Wildman–Crippen MR) is 316 cm³/mol. The number of hydrogen-bond acceptors (Lipinski definition) is 5. The molecule has 0 N–H and O–H groups in total. The van der Waals surface area contributed by atoms with Crippen molar-refractivity contribution in [1.82, 2.24) is 0 Å². The summed E-state index contributed by atoms with van der Waals surface area (Å²) in [5.74, 6) is 0. The molecule has 0 atom stereocenters. The largest absolute Gasteiger partial charge is 0.310 e. The Morgan fingerprint density at radius 2 is 0.865 bits per heavy atom. The van der Waals surface area contributed by atoms with E-state index >= 15 is 0 Å². The molecule has 0 fully saturated rings. The molecule has 11 aromatic carbocycles. The number of hydrogen-bond donors (Lipinski definition) is 0. The summed E-state index contributed by atoms with van der Waals surface area (Å²) in [5.41, 5.74) is 18.2. The van der Waals surface area contributed by atoms with Crippen molar-refractivity contribution in [3.05, 3.63) is 271 Å². The number of para-hydroxylation sites is 3. The summed E-state index contributed by atoms with van der Waals surface area (Å²) >= 11 is 1.88. The van der Waals surface area contributed by atoms with E-state index < -0.39 is 5.41 Å². The molecule has 0 aromatic heterocycles. The maximum atomic E-state index is 2.56. The molecule has 0 aliphatic carbocycles. The smallest absolute Gasteiger partial charge is 0.0644 e. The first-order chi connectivity index (χ1) is 36.4. The second kappa shape index (κ2) is 18.4. The van der Waals surface area contributed by atoms with Gasteiger partial charge in [0.25, 0.3) is 0 Å². The van der Waals surface area contributed by atoms with Gasteiger partial charge in [0.1, 0.15) is 0 Å². The fraction of sp³-hybridized carbons (Fsp3) is 0.0725. The molecule has 0 amide bonds. The van der Waals surface area contributed by atoms with Crippen LogP contribution in [0.1, 0.15) is 43.0 Å². The minimum absolute atomic E-state index is 0.430. The number of aryl methyl sites for hydroxylation is 1. The van der Waals surface area contributed by atoms with E-state index in [2.05, 4.69) is 302 Å². The maximum absolute atomic E-state index is 2.56. The average molecular weight is 971 g/mol. The maximum Gasteiger partial charge on any atom is 0.0644 e. The van der Waals surface area contributed by atoms with Gasteiger partial charge in [-0.1, -0.05) is 177 Å². The van der Waals surface area contributed by atoms with Gasteiger partial charge in [-0.3, -0.25) is 0 Å². The number of nitrogens with zero attached hydrogens (tertiary/aromatic N) is 4. The molecule has 5 heteroatoms. The topological polar surface area (TPSA) is 13.0 Å². The summed E-state index contributed by atoms with van der Waals surface area (Å²) in [6.07, 6.45) is 4.39. The van der Waals surface area contributed by atoms with Gasteiger partial charge in [-0.15, -0.1) is 0 Å². The zero-order chi connectivity index (χ0) is 49.9. The zero-order valence-electron chi connectivity index (χ0n) is 41.9. The van der Waals surface area contributed by atoms with Crippen molar-refractivity contribution >= 4 is 108 Å². The van der Waals surface area contributed by atoms with Gasteiger partial charge in [0, 0.05) is 65.7 Å². The van der Waals surface area contributed by atoms with Crippen molar-refractivity contribution in [2.75, 3.05) is 19.6 Å². The number of benzene rings is 11. The van der Waals surface area contributed by atoms with Crippen molar-refractivity contribution in [2.45, 2.75) is 42.9 Å². The van der Waals surface area contributed by atoms with Gasteiger partial charge in [0.2, 0.25) is 0 Å². The van der Waals surface area contributed by atoms with Crippen molar-refractivity contribution in [3.8, 4) is 0 Å². The van der Waals surface area contributed by atoms with Gasteiger partial charge in [0.15, 0.2) is 0 Å². The van der Waals surface area contributed by atoms with Crippen LogP contribution in [-0.4, -0.2) is 0 Å². The lowest BCUT2D eigenvalue weighted by Gasteiger charge is -2.46. The van der Waals surface area contributed by atoms with Gasteiger partial charge in [-0.25, -0.2) is 0 Å². The highest BCUT2D eigenvalue weighted by molar-refractivity contribution is 7.99. The number of anilines is 12. The van der Waals surface area contributed by atoms with Gasteiger partial charge in [-0.2, -0.15) is 0 Å². The van der Waals surface area contributed by atoms with E-state index in [1.165, 1.54) is 70.7 Å². The summed E-state index contributed by atoms with van der Waals surface area (Å²) in [5, 5.41) is 4.82. The molecule has 13 rings (SSSR count). The van der Waals surface area contributed by atoms with E-state index in [-0.39, 0.29) is 0 Å². The molecule has 0 saturated carbocycles. The quantitative estimate of drug-likeness (QED) is 0.135. The minimum atomic E-state index is -0.430. The molecule has 356 valence electrons. The third kappa shape index (κ3) is 7.54. The minimum Gasteiger partial charge on any atom is -0.310 e. The first kappa shape index (κ1) is 45.1. The van der Waals surface area contributed by atoms with Crippen LogP contribution in [0, 0.1) is 6.92 Å². The molecule has 0 spiro atoms. The first-order valence-corrected chi connectivity index (χ1v) is 26.4. The van der Waals surface area contributed by atoms with Crippen LogP contribution in [0.4, 0.5) is 68.2 Å². The van der Waals surface area contributed by atoms with Crippen LogP contribution in [-0.2, 0) is 5.41 Å². The molecule has 0 bridgehead atoms. The Bertz CT molecular complexity index is 3950. The second-order valence-corrected chi connectivity index (χ2v) is 20.9. The van der Waals surface area contributed by atoms with Crippen molar-refractivity contribution in [2.24, 2.45) is 0 Å². The van der Waals surface area contributed by atoms with E-state index in [0.717, 1.165) is 51.2 Å². The molecule has 74 heavy (non-hydrogen) atoms. The molecule has 0 unspecified atom stereocenters. The lowest BCUT2D eigenvalue weighted by atomic mass is 9.73. The third-order valence-electron chi connectivity index (χ3n) is 15.0. The number of rotatable bonds is 10. The number of allylic oxidation sites excluding steroid dienone is 1. The van der Waals surface area contributed by atoms with Crippen LogP contribution in [0.3, 0.4) is 0 Å². The molecular weight excluding hydrogens is 917 g/mol. The third-order valence-corrected chi connectivity index (χ3v) is 16.0. The van der Waals surface area contributed by atoms with Crippen LogP contribution >= 0.6 is 11.8 Å². The molecule has 4 nitrogen and oxygen atoms in total. The Hall–Kier alpha value is -8.77. The summed E-state index contributed by atoms with van der Waals surface area (Å²) in [6.45, 7) is 9.16. The van der Waals surface area contributed by atoms with Gasteiger partial charge >= 0.3 is 0 Å². The molecule has 2 aliphatic rings. The first-order valence-electron chi connectivity index (χ1n) is 25.5. The van der Waals surface area contributed by atoms with Crippen LogP contribution in [0.5, 0.6) is 0 Å². The Morgan fingerprint density at radius 3 is 1.46 bits per heavy atom. The van der Waals surface area contributed by atoms with Gasteiger partial charge in [0.05, 0.1) is 34.1 Å². The molecular formula is C69H54N4S. The fourth-order valence-corrected chi connectivity index (χ4v) is 12.6. The SMILES string of the molecule is C/C=C\c1c(C)cccc1N(c1ccccc1)c1ccc2c(c1)C(C)(C)c1cc(N(c3ccccc3)c3cccc4ccccc34)cc3c1N2c1ccc(N(c2ccccc2)c2cccc4ccccc24)cc1S3. The van der Waals surface area contributed by atoms with E-state index in [4.69, 9.17) is 0 Å². The Kier molecular flexibility index (Phi) is 11.2. The van der Waals surface area contributed by atoms with E-state index in [9.17, 15) is 0 Å². The highest BCUT2D eigenvalue weighted by Gasteiger charge is 2.42. The van der Waals surface area contributed by atoms with Crippen LogP contribution < -0.4 is 19.6 Å². The average Bonchev–Trinajstić information content (AvgIpc) is 3.54. The van der Waals surface area contributed by atoms with E-state index in [0.29, 0.717) is 0 Å². The summed E-state index contributed by atoms with van der Waals surface area (Å²) in [7, 11) is 0. The summed E-state index contributed by atoms with van der Waals surface area (Å²) in [4.78, 5) is 12.3. The van der Waals surface area contributed by atoms with Crippen LogP contribution in [0.15, 0.2) is 259 Å². The van der Waals surface area contributed by atoms with E-state index in [1.54, 1.807) is 0 Å². The fourth-order valence-electron chi connectivity index (χ4n) is 11.5. The molecule has 2 heterocycles. The predicted octanol–water partition coefficient (Wildman–Crippen LogP) is 20.3. The molecule has 2 aliphatic heterocycles. The molecule has 0 saturated heterocycles. The van der Waals surface area contributed by atoms with Gasteiger partial charge < -0.3 is 19.6 Å². The highest BCUT2D eigenvalue weighted by Crippen LogP contribution is 2.63. The monoisotopic (exact) mass is 970 g/mol. The van der Waals surface area contributed by atoms with Crippen molar-refractivity contribution in [1.29, 1.82) is 0 Å². The van der Waals surface area contributed by atoms with Crippen molar-refractivity contribution < 1.29 is 0 Å². The summed E-state index contributed by atoms with van der Waals surface area (Å²) in [6, 6.07) is 89.0. The molecule has 11 aromatic rings. The van der Waals surface area contributed by atoms with Crippen molar-refractivity contribution in [3.63, 3.8) is 0 Å². The van der Waals surface area contributed by atoms with Crippen LogP contribution in [0.2, 0.25) is 0 Å². The Labute approximate surface area is 438 Å².